The zero-order valence-corrected chi connectivity index (χ0v) is 15.0. The molecule has 0 spiro atoms. The third-order valence-electron chi connectivity index (χ3n) is 6.18. The Balaban J connectivity index is 1.43. The molecule has 1 saturated carbocycles. The molecule has 3 aliphatic rings. The van der Waals surface area contributed by atoms with Gasteiger partial charge in [0.1, 0.15) is 11.1 Å². The van der Waals surface area contributed by atoms with Crippen molar-refractivity contribution in [3.05, 3.63) is 16.0 Å². The van der Waals surface area contributed by atoms with Crippen molar-refractivity contribution < 1.29 is 9.69 Å². The summed E-state index contributed by atoms with van der Waals surface area (Å²) in [5.74, 6) is 0.920. The first kappa shape index (κ1) is 16.1. The van der Waals surface area contributed by atoms with Crippen molar-refractivity contribution in [3.8, 4) is 6.07 Å². The fourth-order valence-corrected chi connectivity index (χ4v) is 6.33. The van der Waals surface area contributed by atoms with Gasteiger partial charge in [-0.2, -0.15) is 5.26 Å². The quantitative estimate of drug-likeness (QED) is 0.884. The minimum Gasteiger partial charge on any atom is -0.324 e. The SMILES string of the molecule is N#Cc1c(NC(=O)C[NH+]2CCC[C@H]3CCCC[C@@H]32)sc2c1CCC2. The van der Waals surface area contributed by atoms with Crippen LogP contribution < -0.4 is 10.2 Å². The molecule has 4 nitrogen and oxygen atoms in total. The van der Waals surface area contributed by atoms with Crippen LogP contribution in [0.1, 0.15) is 60.9 Å². The number of carbonyl (C=O) groups excluding carboxylic acids is 1. The van der Waals surface area contributed by atoms with Gasteiger partial charge in [-0.05, 0) is 56.9 Å². The number of quaternary nitrogens is 1. The van der Waals surface area contributed by atoms with Crippen LogP contribution in [-0.2, 0) is 17.6 Å². The maximum atomic E-state index is 12.6. The summed E-state index contributed by atoms with van der Waals surface area (Å²) in [4.78, 5) is 15.4. The fourth-order valence-electron chi connectivity index (χ4n) is 5.07. The van der Waals surface area contributed by atoms with E-state index in [2.05, 4.69) is 11.4 Å². The number of likely N-dealkylation sites (tertiary alicyclic amines) is 1. The highest BCUT2D eigenvalue weighted by Crippen LogP contribution is 2.38. The van der Waals surface area contributed by atoms with E-state index in [1.807, 2.05) is 0 Å². The molecule has 2 N–H and O–H groups in total. The highest BCUT2D eigenvalue weighted by Gasteiger charge is 2.37. The average molecular weight is 345 g/mol. The van der Waals surface area contributed by atoms with Gasteiger partial charge in [0.15, 0.2) is 6.54 Å². The number of amides is 1. The lowest BCUT2D eigenvalue weighted by Crippen LogP contribution is -3.18. The molecule has 1 saturated heterocycles. The van der Waals surface area contributed by atoms with Gasteiger partial charge in [0.2, 0.25) is 0 Å². The van der Waals surface area contributed by atoms with E-state index >= 15 is 0 Å². The van der Waals surface area contributed by atoms with Crippen molar-refractivity contribution in [1.82, 2.24) is 0 Å². The second-order valence-corrected chi connectivity index (χ2v) is 8.70. The Bertz CT molecular complexity index is 673. The zero-order valence-electron chi connectivity index (χ0n) is 14.2. The lowest BCUT2D eigenvalue weighted by Gasteiger charge is -2.40. The Morgan fingerprint density at radius 1 is 1.21 bits per heavy atom. The number of hydrogen-bond acceptors (Lipinski definition) is 3. The van der Waals surface area contributed by atoms with Crippen LogP contribution in [0, 0.1) is 17.2 Å². The second kappa shape index (κ2) is 6.85. The molecule has 1 unspecified atom stereocenters. The van der Waals surface area contributed by atoms with Crippen LogP contribution >= 0.6 is 11.3 Å². The molecular weight excluding hydrogens is 318 g/mol. The fraction of sp³-hybridized carbons (Fsp3) is 0.684. The van der Waals surface area contributed by atoms with E-state index in [1.54, 1.807) is 11.3 Å². The van der Waals surface area contributed by atoms with Crippen LogP contribution in [0.3, 0.4) is 0 Å². The minimum absolute atomic E-state index is 0.0904. The number of fused-ring (bicyclic) bond motifs is 2. The van der Waals surface area contributed by atoms with Crippen LogP contribution in [0.5, 0.6) is 0 Å². The Morgan fingerprint density at radius 2 is 2.04 bits per heavy atom. The van der Waals surface area contributed by atoms with Gasteiger partial charge in [-0.25, -0.2) is 0 Å². The van der Waals surface area contributed by atoms with Gasteiger partial charge in [-0.3, -0.25) is 4.79 Å². The molecule has 0 bridgehead atoms. The molecule has 5 heteroatoms. The largest absolute Gasteiger partial charge is 0.324 e. The van der Waals surface area contributed by atoms with Crippen LogP contribution in [0.25, 0.3) is 0 Å². The van der Waals surface area contributed by atoms with Gasteiger partial charge in [0.25, 0.3) is 5.91 Å². The summed E-state index contributed by atoms with van der Waals surface area (Å²) in [6.07, 6.45) is 11.1. The van der Waals surface area contributed by atoms with Crippen LogP contribution in [0.2, 0.25) is 0 Å². The van der Waals surface area contributed by atoms with Gasteiger partial charge in [0.05, 0.1) is 18.2 Å². The molecule has 4 rings (SSSR count). The summed E-state index contributed by atoms with van der Waals surface area (Å²) in [7, 11) is 0. The molecular formula is C19H26N3OS+. The van der Waals surface area contributed by atoms with Gasteiger partial charge >= 0.3 is 0 Å². The molecule has 1 aliphatic heterocycles. The number of aryl methyl sites for hydroxylation is 1. The van der Waals surface area contributed by atoms with Gasteiger partial charge in [-0.15, -0.1) is 11.3 Å². The van der Waals surface area contributed by atoms with Crippen molar-refractivity contribution in [2.75, 3.05) is 18.4 Å². The number of nitriles is 1. The third-order valence-corrected chi connectivity index (χ3v) is 7.39. The molecule has 2 aliphatic carbocycles. The predicted molar refractivity (Wildman–Crippen MR) is 95.4 cm³/mol. The van der Waals surface area contributed by atoms with E-state index in [4.69, 9.17) is 0 Å². The molecule has 2 fully saturated rings. The van der Waals surface area contributed by atoms with E-state index in [1.165, 1.54) is 53.9 Å². The van der Waals surface area contributed by atoms with Crippen LogP contribution in [0.4, 0.5) is 5.00 Å². The Labute approximate surface area is 147 Å². The molecule has 3 atom stereocenters. The number of rotatable bonds is 3. The minimum atomic E-state index is 0.0904. The van der Waals surface area contributed by atoms with Crippen molar-refractivity contribution in [2.45, 2.75) is 63.8 Å². The number of carbonyl (C=O) groups is 1. The summed E-state index contributed by atoms with van der Waals surface area (Å²) in [6.45, 7) is 1.69. The Morgan fingerprint density at radius 3 is 2.92 bits per heavy atom. The van der Waals surface area contributed by atoms with E-state index in [9.17, 15) is 10.1 Å². The Kier molecular flexibility index (Phi) is 4.60. The first-order chi connectivity index (χ1) is 11.8. The highest BCUT2D eigenvalue weighted by molar-refractivity contribution is 7.16. The van der Waals surface area contributed by atoms with Crippen molar-refractivity contribution in [1.29, 1.82) is 5.26 Å². The van der Waals surface area contributed by atoms with Gasteiger partial charge < -0.3 is 10.2 Å². The van der Waals surface area contributed by atoms with Crippen molar-refractivity contribution in [2.24, 2.45) is 5.92 Å². The molecule has 1 amide bonds. The van der Waals surface area contributed by atoms with Crippen molar-refractivity contribution >= 4 is 22.2 Å². The zero-order chi connectivity index (χ0) is 16.5. The maximum Gasteiger partial charge on any atom is 0.280 e. The molecule has 0 aromatic carbocycles. The summed E-state index contributed by atoms with van der Waals surface area (Å²) in [5, 5.41) is 13.3. The van der Waals surface area contributed by atoms with E-state index in [-0.39, 0.29) is 5.91 Å². The van der Waals surface area contributed by atoms with Gasteiger partial charge in [-0.1, -0.05) is 6.42 Å². The molecule has 2 heterocycles. The summed E-state index contributed by atoms with van der Waals surface area (Å²) in [5.41, 5.74) is 1.92. The lowest BCUT2D eigenvalue weighted by molar-refractivity contribution is -0.928. The average Bonchev–Trinajstić information content (AvgIpc) is 3.15. The number of hydrogen-bond donors (Lipinski definition) is 2. The summed E-state index contributed by atoms with van der Waals surface area (Å²) in [6, 6.07) is 3.00. The number of thiophene rings is 1. The first-order valence-electron chi connectivity index (χ1n) is 9.45. The predicted octanol–water partition coefficient (Wildman–Crippen LogP) is 2.28. The van der Waals surface area contributed by atoms with Crippen LogP contribution in [-0.4, -0.2) is 25.0 Å². The topological polar surface area (TPSA) is 57.3 Å². The van der Waals surface area contributed by atoms with E-state index in [0.29, 0.717) is 12.6 Å². The smallest absolute Gasteiger partial charge is 0.280 e. The highest BCUT2D eigenvalue weighted by atomic mass is 32.1. The summed E-state index contributed by atoms with van der Waals surface area (Å²) < 4.78 is 0. The third kappa shape index (κ3) is 2.98. The number of piperidine rings is 1. The molecule has 24 heavy (non-hydrogen) atoms. The molecule has 128 valence electrons. The molecule has 1 aromatic rings. The second-order valence-electron chi connectivity index (χ2n) is 7.60. The number of nitrogens with one attached hydrogen (secondary N) is 2. The number of anilines is 1. The normalized spacial score (nSPS) is 28.7. The monoisotopic (exact) mass is 344 g/mol. The lowest BCUT2D eigenvalue weighted by atomic mass is 9.78. The van der Waals surface area contributed by atoms with Crippen molar-refractivity contribution in [3.63, 3.8) is 0 Å². The molecule has 1 aromatic heterocycles. The maximum absolute atomic E-state index is 12.6. The summed E-state index contributed by atoms with van der Waals surface area (Å²) >= 11 is 1.62. The Hall–Kier alpha value is -1.38. The first-order valence-corrected chi connectivity index (χ1v) is 10.3. The molecule has 0 radical (unpaired) electrons. The van der Waals surface area contributed by atoms with E-state index < -0.39 is 0 Å². The van der Waals surface area contributed by atoms with Crippen LogP contribution in [0.15, 0.2) is 0 Å². The van der Waals surface area contributed by atoms with E-state index in [0.717, 1.165) is 42.3 Å². The number of nitrogens with zero attached hydrogens (tertiary/aromatic N) is 1. The van der Waals surface area contributed by atoms with Gasteiger partial charge in [0, 0.05) is 10.8 Å². The standard InChI is InChI=1S/C19H25N3OS/c20-11-15-14-7-3-9-17(14)24-19(15)21-18(23)12-22-10-4-6-13-5-1-2-8-16(13)22/h13,16H,1-10,12H2,(H,21,23)/p+1/t13-,16+/m1/s1.